The zero-order valence-electron chi connectivity index (χ0n) is 10.6. The van der Waals surface area contributed by atoms with Crippen LogP contribution < -0.4 is 5.32 Å². The molecule has 1 N–H and O–H groups in total. The fourth-order valence-electron chi connectivity index (χ4n) is 2.56. The van der Waals surface area contributed by atoms with E-state index in [0.29, 0.717) is 0 Å². The van der Waals surface area contributed by atoms with Gasteiger partial charge in [-0.25, -0.2) is 4.39 Å². The largest absolute Gasteiger partial charge is 0.310 e. The first-order valence-corrected chi connectivity index (χ1v) is 6.35. The molecule has 0 saturated carbocycles. The van der Waals surface area contributed by atoms with E-state index in [4.69, 9.17) is 0 Å². The fraction of sp³-hybridized carbons (Fsp3) is 0.467. The van der Waals surface area contributed by atoms with E-state index in [0.717, 1.165) is 24.0 Å². The SMILES string of the molecule is CNC(C1=CCCCC1)c1cccc(C)c1F. The molecule has 17 heavy (non-hydrogen) atoms. The summed E-state index contributed by atoms with van der Waals surface area (Å²) in [5, 5.41) is 3.25. The number of halogens is 1. The molecule has 92 valence electrons. The summed E-state index contributed by atoms with van der Waals surface area (Å²) < 4.78 is 14.1. The molecule has 1 unspecified atom stereocenters. The van der Waals surface area contributed by atoms with Gasteiger partial charge in [0, 0.05) is 5.56 Å². The summed E-state index contributed by atoms with van der Waals surface area (Å²) in [6, 6.07) is 5.68. The molecule has 0 fully saturated rings. The number of benzene rings is 1. The van der Waals surface area contributed by atoms with Crippen LogP contribution in [0, 0.1) is 12.7 Å². The predicted octanol–water partition coefficient (Wildman–Crippen LogP) is 3.90. The van der Waals surface area contributed by atoms with E-state index >= 15 is 0 Å². The Balaban J connectivity index is 2.34. The molecule has 0 bridgehead atoms. The Morgan fingerprint density at radius 3 is 2.76 bits per heavy atom. The molecule has 0 aliphatic heterocycles. The van der Waals surface area contributed by atoms with Crippen molar-refractivity contribution in [2.24, 2.45) is 0 Å². The number of hydrogen-bond acceptors (Lipinski definition) is 1. The molecule has 2 heteroatoms. The first kappa shape index (κ1) is 12.3. The molecule has 1 nitrogen and oxygen atoms in total. The van der Waals surface area contributed by atoms with Gasteiger partial charge >= 0.3 is 0 Å². The Kier molecular flexibility index (Phi) is 3.95. The highest BCUT2D eigenvalue weighted by molar-refractivity contribution is 5.33. The van der Waals surface area contributed by atoms with Crippen LogP contribution in [0.5, 0.6) is 0 Å². The van der Waals surface area contributed by atoms with Crippen molar-refractivity contribution in [3.8, 4) is 0 Å². The van der Waals surface area contributed by atoms with Gasteiger partial charge in [0.25, 0.3) is 0 Å². The van der Waals surface area contributed by atoms with Gasteiger partial charge in [-0.15, -0.1) is 0 Å². The van der Waals surface area contributed by atoms with Gasteiger partial charge in [-0.05, 0) is 45.2 Å². The van der Waals surface area contributed by atoms with Crippen molar-refractivity contribution in [2.45, 2.75) is 38.6 Å². The van der Waals surface area contributed by atoms with Gasteiger partial charge in [0.05, 0.1) is 6.04 Å². The number of nitrogens with one attached hydrogen (secondary N) is 1. The third-order valence-corrected chi connectivity index (χ3v) is 3.52. The lowest BCUT2D eigenvalue weighted by atomic mass is 9.89. The van der Waals surface area contributed by atoms with Crippen molar-refractivity contribution >= 4 is 0 Å². The van der Waals surface area contributed by atoms with E-state index in [-0.39, 0.29) is 11.9 Å². The second-order valence-corrected chi connectivity index (χ2v) is 4.72. The maximum Gasteiger partial charge on any atom is 0.131 e. The normalized spacial score (nSPS) is 17.7. The van der Waals surface area contributed by atoms with Gasteiger partial charge < -0.3 is 5.32 Å². The van der Waals surface area contributed by atoms with Crippen LogP contribution in [-0.4, -0.2) is 7.05 Å². The Morgan fingerprint density at radius 1 is 1.29 bits per heavy atom. The Labute approximate surface area is 103 Å². The Hall–Kier alpha value is -1.15. The second-order valence-electron chi connectivity index (χ2n) is 4.72. The van der Waals surface area contributed by atoms with Crippen LogP contribution in [0.1, 0.15) is 42.9 Å². The molecule has 0 heterocycles. The summed E-state index contributed by atoms with van der Waals surface area (Å²) in [4.78, 5) is 0. The number of likely N-dealkylation sites (N-methyl/N-ethyl adjacent to an activating group) is 1. The summed E-state index contributed by atoms with van der Waals surface area (Å²) in [7, 11) is 1.90. The molecule has 1 aliphatic carbocycles. The zero-order chi connectivity index (χ0) is 12.3. The molecule has 2 rings (SSSR count). The third-order valence-electron chi connectivity index (χ3n) is 3.52. The van der Waals surface area contributed by atoms with Gasteiger partial charge in [-0.3, -0.25) is 0 Å². The molecule has 0 amide bonds. The minimum absolute atomic E-state index is 0.0372. The zero-order valence-corrected chi connectivity index (χ0v) is 10.6. The van der Waals surface area contributed by atoms with Crippen molar-refractivity contribution in [3.63, 3.8) is 0 Å². The predicted molar refractivity (Wildman–Crippen MR) is 69.5 cm³/mol. The minimum Gasteiger partial charge on any atom is -0.310 e. The van der Waals surface area contributed by atoms with E-state index in [1.165, 1.54) is 18.4 Å². The molecule has 0 aromatic heterocycles. The molecule has 1 atom stereocenters. The van der Waals surface area contributed by atoms with E-state index in [1.807, 2.05) is 32.2 Å². The Morgan fingerprint density at radius 2 is 2.12 bits per heavy atom. The fourth-order valence-corrected chi connectivity index (χ4v) is 2.56. The topological polar surface area (TPSA) is 12.0 Å². The van der Waals surface area contributed by atoms with Crippen molar-refractivity contribution < 1.29 is 4.39 Å². The van der Waals surface area contributed by atoms with Gasteiger partial charge in [0.1, 0.15) is 5.82 Å². The van der Waals surface area contributed by atoms with E-state index < -0.39 is 0 Å². The lowest BCUT2D eigenvalue weighted by Crippen LogP contribution is -2.21. The van der Waals surface area contributed by atoms with Gasteiger partial charge in [0.2, 0.25) is 0 Å². The van der Waals surface area contributed by atoms with Gasteiger partial charge in [-0.1, -0.05) is 29.8 Å². The maximum atomic E-state index is 14.1. The monoisotopic (exact) mass is 233 g/mol. The lowest BCUT2D eigenvalue weighted by Gasteiger charge is -2.24. The van der Waals surface area contributed by atoms with E-state index in [2.05, 4.69) is 11.4 Å². The van der Waals surface area contributed by atoms with Crippen molar-refractivity contribution in [3.05, 3.63) is 46.8 Å². The second kappa shape index (κ2) is 5.46. The van der Waals surface area contributed by atoms with Crippen molar-refractivity contribution in [1.29, 1.82) is 0 Å². The summed E-state index contributed by atoms with van der Waals surface area (Å²) in [5.41, 5.74) is 2.84. The Bertz CT molecular complexity index is 423. The van der Waals surface area contributed by atoms with Crippen molar-refractivity contribution in [2.75, 3.05) is 7.05 Å². The minimum atomic E-state index is -0.0710. The molecule has 0 radical (unpaired) electrons. The summed E-state index contributed by atoms with van der Waals surface area (Å²) in [6.45, 7) is 1.82. The van der Waals surface area contributed by atoms with Crippen LogP contribution in [0.2, 0.25) is 0 Å². The molecule has 0 saturated heterocycles. The van der Waals surface area contributed by atoms with Gasteiger partial charge in [-0.2, -0.15) is 0 Å². The highest BCUT2D eigenvalue weighted by Crippen LogP contribution is 2.31. The smallest absolute Gasteiger partial charge is 0.131 e. The van der Waals surface area contributed by atoms with Crippen molar-refractivity contribution in [1.82, 2.24) is 5.32 Å². The van der Waals surface area contributed by atoms with E-state index in [9.17, 15) is 4.39 Å². The van der Waals surface area contributed by atoms with Crippen LogP contribution in [0.15, 0.2) is 29.8 Å². The molecular weight excluding hydrogens is 213 g/mol. The molecular formula is C15H20FN. The van der Waals surface area contributed by atoms with Crippen LogP contribution in [0.25, 0.3) is 0 Å². The third kappa shape index (κ3) is 2.58. The first-order chi connectivity index (χ1) is 8.24. The highest BCUT2D eigenvalue weighted by atomic mass is 19.1. The van der Waals surface area contributed by atoms with Crippen LogP contribution >= 0.6 is 0 Å². The average Bonchev–Trinajstić information content (AvgIpc) is 2.37. The lowest BCUT2D eigenvalue weighted by molar-refractivity contribution is 0.542. The summed E-state index contributed by atoms with van der Waals surface area (Å²) >= 11 is 0. The molecule has 1 aliphatic rings. The van der Waals surface area contributed by atoms with Crippen LogP contribution in [-0.2, 0) is 0 Å². The molecule has 0 spiro atoms. The quantitative estimate of drug-likeness (QED) is 0.781. The number of aryl methyl sites for hydroxylation is 1. The maximum absolute atomic E-state index is 14.1. The number of hydrogen-bond donors (Lipinski definition) is 1. The first-order valence-electron chi connectivity index (χ1n) is 6.35. The van der Waals surface area contributed by atoms with Crippen LogP contribution in [0.4, 0.5) is 4.39 Å². The van der Waals surface area contributed by atoms with E-state index in [1.54, 1.807) is 0 Å². The number of allylic oxidation sites excluding steroid dienone is 1. The standard InChI is InChI=1S/C15H20FN/c1-11-7-6-10-13(14(11)16)15(17-2)12-8-4-3-5-9-12/h6-8,10,15,17H,3-5,9H2,1-2H3. The van der Waals surface area contributed by atoms with Gasteiger partial charge in [0.15, 0.2) is 0 Å². The molecule has 1 aromatic rings. The molecule has 1 aromatic carbocycles. The average molecular weight is 233 g/mol. The summed E-state index contributed by atoms with van der Waals surface area (Å²) in [5.74, 6) is -0.0710. The summed E-state index contributed by atoms with van der Waals surface area (Å²) in [6.07, 6.45) is 6.96. The van der Waals surface area contributed by atoms with Crippen LogP contribution in [0.3, 0.4) is 0 Å². The highest BCUT2D eigenvalue weighted by Gasteiger charge is 2.20. The number of rotatable bonds is 3.